The van der Waals surface area contributed by atoms with Gasteiger partial charge >= 0.3 is 5.97 Å². The summed E-state index contributed by atoms with van der Waals surface area (Å²) in [6.07, 6.45) is 5.40. The molecule has 27 heavy (non-hydrogen) atoms. The normalized spacial score (nSPS) is 19.7. The molecule has 0 spiro atoms. The Morgan fingerprint density at radius 2 is 1.59 bits per heavy atom. The fraction of sp³-hybridized carbons (Fsp3) is 0.571. The zero-order valence-electron chi connectivity index (χ0n) is 15.8. The molecule has 1 aliphatic carbocycles. The maximum Gasteiger partial charge on any atom is 0.330 e. The summed E-state index contributed by atoms with van der Waals surface area (Å²) < 4.78 is 0. The Morgan fingerprint density at radius 1 is 1.00 bits per heavy atom. The molecule has 1 aromatic carbocycles. The summed E-state index contributed by atoms with van der Waals surface area (Å²) in [7, 11) is 0. The molecule has 1 heterocycles. The van der Waals surface area contributed by atoms with E-state index in [0.717, 1.165) is 31.2 Å². The van der Waals surface area contributed by atoms with Crippen LogP contribution in [-0.2, 0) is 14.4 Å². The molecule has 1 atom stereocenters. The summed E-state index contributed by atoms with van der Waals surface area (Å²) in [5, 5.41) is 12.2. The van der Waals surface area contributed by atoms with Crippen molar-refractivity contribution in [2.45, 2.75) is 51.5 Å². The largest absolute Gasteiger partial charge is 0.479 e. The van der Waals surface area contributed by atoms with Crippen molar-refractivity contribution < 1.29 is 19.5 Å². The van der Waals surface area contributed by atoms with Crippen LogP contribution in [0.4, 0.5) is 0 Å². The molecule has 6 heteroatoms. The first kappa shape index (κ1) is 19.4. The molecule has 2 fully saturated rings. The van der Waals surface area contributed by atoms with Crippen molar-refractivity contribution in [3.8, 4) is 0 Å². The van der Waals surface area contributed by atoms with Crippen molar-refractivity contribution in [3.05, 3.63) is 35.4 Å². The van der Waals surface area contributed by atoms with Gasteiger partial charge in [-0.2, -0.15) is 0 Å². The van der Waals surface area contributed by atoms with Gasteiger partial charge in [0.25, 0.3) is 0 Å². The highest BCUT2D eigenvalue weighted by molar-refractivity contribution is 5.86. The summed E-state index contributed by atoms with van der Waals surface area (Å²) in [6.45, 7) is 3.09. The number of aryl methyl sites for hydroxylation is 1. The van der Waals surface area contributed by atoms with E-state index in [1.807, 2.05) is 24.0 Å². The predicted octanol–water partition coefficient (Wildman–Crippen LogP) is 2.67. The van der Waals surface area contributed by atoms with E-state index in [1.165, 1.54) is 0 Å². The van der Waals surface area contributed by atoms with Crippen LogP contribution >= 0.6 is 0 Å². The number of rotatable bonds is 5. The van der Waals surface area contributed by atoms with Crippen LogP contribution in [0.25, 0.3) is 0 Å². The fourth-order valence-corrected chi connectivity index (χ4v) is 4.10. The first-order valence-corrected chi connectivity index (χ1v) is 9.84. The Hall–Kier alpha value is -2.37. The monoisotopic (exact) mass is 372 g/mol. The Balaban J connectivity index is 1.55. The summed E-state index contributed by atoms with van der Waals surface area (Å²) in [5.74, 6) is -1.16. The minimum atomic E-state index is -1.07. The Morgan fingerprint density at radius 3 is 2.15 bits per heavy atom. The van der Waals surface area contributed by atoms with Crippen LogP contribution in [0.2, 0.25) is 0 Å². The van der Waals surface area contributed by atoms with Gasteiger partial charge < -0.3 is 15.3 Å². The highest BCUT2D eigenvalue weighted by atomic mass is 16.4. The van der Waals surface area contributed by atoms with Crippen LogP contribution in [0.5, 0.6) is 0 Å². The van der Waals surface area contributed by atoms with E-state index in [2.05, 4.69) is 5.32 Å². The van der Waals surface area contributed by atoms with Crippen LogP contribution in [0.1, 0.15) is 55.7 Å². The molecule has 1 saturated heterocycles. The molecule has 1 saturated carbocycles. The Bertz CT molecular complexity index is 687. The second-order valence-corrected chi connectivity index (χ2v) is 7.77. The molecule has 146 valence electrons. The number of aliphatic carboxylic acids is 1. The van der Waals surface area contributed by atoms with E-state index in [1.54, 1.807) is 12.1 Å². The van der Waals surface area contributed by atoms with E-state index in [9.17, 15) is 19.5 Å². The van der Waals surface area contributed by atoms with Crippen molar-refractivity contribution in [1.29, 1.82) is 0 Å². The van der Waals surface area contributed by atoms with Crippen LogP contribution in [0, 0.1) is 18.8 Å². The average Bonchev–Trinajstić information content (AvgIpc) is 3.21. The Labute approximate surface area is 159 Å². The number of hydrogen-bond donors (Lipinski definition) is 2. The lowest BCUT2D eigenvalue weighted by molar-refractivity contribution is -0.143. The molecular formula is C21H28N2O4. The van der Waals surface area contributed by atoms with Crippen LogP contribution < -0.4 is 5.32 Å². The number of carbonyl (C=O) groups excluding carboxylic acids is 2. The van der Waals surface area contributed by atoms with Crippen molar-refractivity contribution in [2.24, 2.45) is 11.8 Å². The Kier molecular flexibility index (Phi) is 6.14. The average molecular weight is 372 g/mol. The minimum Gasteiger partial charge on any atom is -0.479 e. The maximum atomic E-state index is 12.6. The lowest BCUT2D eigenvalue weighted by atomic mass is 9.93. The number of nitrogens with one attached hydrogen (secondary N) is 1. The zero-order valence-corrected chi connectivity index (χ0v) is 15.8. The number of amides is 2. The third kappa shape index (κ3) is 4.67. The second kappa shape index (κ2) is 8.55. The van der Waals surface area contributed by atoms with Crippen LogP contribution in [0.3, 0.4) is 0 Å². The molecule has 0 aromatic heterocycles. The van der Waals surface area contributed by atoms with E-state index in [0.29, 0.717) is 31.5 Å². The van der Waals surface area contributed by atoms with Gasteiger partial charge in [0, 0.05) is 24.9 Å². The van der Waals surface area contributed by atoms with Crippen molar-refractivity contribution >= 4 is 17.8 Å². The quantitative estimate of drug-likeness (QED) is 0.832. The standard InChI is InChI=1S/C21H28N2O4/c1-14-6-8-15(9-7-14)18(21(26)27)22-19(24)16-10-12-23(13-11-16)20(25)17-4-2-3-5-17/h6-9,16-18H,2-5,10-13H2,1H3,(H,22,24)(H,26,27)/t18-/m0/s1. The van der Waals surface area contributed by atoms with Crippen LogP contribution in [-0.4, -0.2) is 40.9 Å². The van der Waals surface area contributed by atoms with Gasteiger partial charge in [-0.3, -0.25) is 9.59 Å². The van der Waals surface area contributed by atoms with E-state index in [-0.39, 0.29) is 23.7 Å². The molecule has 1 aromatic rings. The van der Waals surface area contributed by atoms with Gasteiger partial charge in [-0.1, -0.05) is 42.7 Å². The lowest BCUT2D eigenvalue weighted by Gasteiger charge is -2.33. The van der Waals surface area contributed by atoms with Gasteiger partial charge in [0.2, 0.25) is 11.8 Å². The third-order valence-electron chi connectivity index (χ3n) is 5.83. The van der Waals surface area contributed by atoms with E-state index in [4.69, 9.17) is 0 Å². The highest BCUT2D eigenvalue weighted by Gasteiger charge is 2.33. The van der Waals surface area contributed by atoms with Gasteiger partial charge in [0.15, 0.2) is 6.04 Å². The first-order valence-electron chi connectivity index (χ1n) is 9.84. The lowest BCUT2D eigenvalue weighted by Crippen LogP contribution is -2.46. The smallest absolute Gasteiger partial charge is 0.330 e. The van der Waals surface area contributed by atoms with Crippen LogP contribution in [0.15, 0.2) is 24.3 Å². The summed E-state index contributed by atoms with van der Waals surface area (Å²) in [5.41, 5.74) is 1.60. The number of piperidine rings is 1. The van der Waals surface area contributed by atoms with Gasteiger partial charge in [-0.25, -0.2) is 4.79 Å². The molecule has 2 amide bonds. The molecule has 1 aliphatic heterocycles. The maximum absolute atomic E-state index is 12.6. The topological polar surface area (TPSA) is 86.7 Å². The second-order valence-electron chi connectivity index (χ2n) is 7.77. The molecule has 0 radical (unpaired) electrons. The zero-order chi connectivity index (χ0) is 19.4. The minimum absolute atomic E-state index is 0.160. The van der Waals surface area contributed by atoms with Gasteiger partial charge in [0.1, 0.15) is 0 Å². The van der Waals surface area contributed by atoms with Crippen molar-refractivity contribution in [2.75, 3.05) is 13.1 Å². The molecule has 0 unspecified atom stereocenters. The SMILES string of the molecule is Cc1ccc([C@H](NC(=O)C2CCN(C(=O)C3CCCC3)CC2)C(=O)O)cc1. The van der Waals surface area contributed by atoms with E-state index >= 15 is 0 Å². The molecule has 6 nitrogen and oxygen atoms in total. The number of hydrogen-bond acceptors (Lipinski definition) is 3. The number of likely N-dealkylation sites (tertiary alicyclic amines) is 1. The number of benzene rings is 1. The van der Waals surface area contributed by atoms with Gasteiger partial charge in [-0.15, -0.1) is 0 Å². The fourth-order valence-electron chi connectivity index (χ4n) is 4.10. The number of carbonyl (C=O) groups is 3. The summed E-state index contributed by atoms with van der Waals surface area (Å²) in [4.78, 5) is 38.6. The molecular weight excluding hydrogens is 344 g/mol. The van der Waals surface area contributed by atoms with E-state index < -0.39 is 12.0 Å². The molecule has 0 bridgehead atoms. The third-order valence-corrected chi connectivity index (χ3v) is 5.83. The number of nitrogens with zero attached hydrogens (tertiary/aromatic N) is 1. The number of carboxylic acids is 1. The number of carboxylic acid groups (broad SMARTS) is 1. The molecule has 3 rings (SSSR count). The van der Waals surface area contributed by atoms with Crippen molar-refractivity contribution in [3.63, 3.8) is 0 Å². The summed E-state index contributed by atoms with van der Waals surface area (Å²) >= 11 is 0. The summed E-state index contributed by atoms with van der Waals surface area (Å²) in [6, 6.07) is 6.10. The van der Waals surface area contributed by atoms with Gasteiger partial charge in [0.05, 0.1) is 0 Å². The predicted molar refractivity (Wildman–Crippen MR) is 101 cm³/mol. The molecule has 2 aliphatic rings. The highest BCUT2D eigenvalue weighted by Crippen LogP contribution is 2.28. The van der Waals surface area contributed by atoms with Gasteiger partial charge in [-0.05, 0) is 38.2 Å². The van der Waals surface area contributed by atoms with Crippen molar-refractivity contribution in [1.82, 2.24) is 10.2 Å². The first-order chi connectivity index (χ1) is 13.0. The molecule has 2 N–H and O–H groups in total.